The van der Waals surface area contributed by atoms with Gasteiger partial charge in [0.1, 0.15) is 6.07 Å². The third kappa shape index (κ3) is 2.80. The Hall–Kier alpha value is -1.60. The van der Waals surface area contributed by atoms with Gasteiger partial charge in [0.25, 0.3) is 0 Å². The van der Waals surface area contributed by atoms with Crippen LogP contribution in [0.15, 0.2) is 6.07 Å². The van der Waals surface area contributed by atoms with E-state index >= 15 is 0 Å². The van der Waals surface area contributed by atoms with Crippen molar-refractivity contribution in [3.63, 3.8) is 0 Å². The molecule has 1 saturated carbocycles. The second-order valence-electron chi connectivity index (χ2n) is 5.14. The van der Waals surface area contributed by atoms with Crippen LogP contribution in [0.3, 0.4) is 0 Å². The number of aromatic nitrogens is 1. The lowest BCUT2D eigenvalue weighted by Crippen LogP contribution is -2.33. The van der Waals surface area contributed by atoms with Crippen molar-refractivity contribution >= 4 is 5.69 Å². The highest BCUT2D eigenvalue weighted by Gasteiger charge is 2.19. The van der Waals surface area contributed by atoms with Crippen molar-refractivity contribution < 1.29 is 0 Å². The Balaban J connectivity index is 2.16. The van der Waals surface area contributed by atoms with Gasteiger partial charge < -0.3 is 11.1 Å². The van der Waals surface area contributed by atoms with E-state index in [9.17, 15) is 5.26 Å². The summed E-state index contributed by atoms with van der Waals surface area (Å²) in [7, 11) is 0. The maximum Gasteiger partial charge on any atom is 0.103 e. The molecule has 0 bridgehead atoms. The SMILES string of the molecule is Cc1cc(NC2CCC(N)CC2)c(C#N)c(C)n1. The van der Waals surface area contributed by atoms with E-state index in [0.717, 1.165) is 42.8 Å². The number of hydrogen-bond acceptors (Lipinski definition) is 4. The van der Waals surface area contributed by atoms with E-state index in [1.54, 1.807) is 0 Å². The van der Waals surface area contributed by atoms with Gasteiger partial charge in [-0.25, -0.2) is 0 Å². The Kier molecular flexibility index (Phi) is 3.83. The number of aryl methyl sites for hydroxylation is 2. The monoisotopic (exact) mass is 244 g/mol. The normalized spacial score (nSPS) is 23.4. The van der Waals surface area contributed by atoms with Gasteiger partial charge in [0, 0.05) is 17.8 Å². The van der Waals surface area contributed by atoms with Gasteiger partial charge >= 0.3 is 0 Å². The molecule has 1 fully saturated rings. The Morgan fingerprint density at radius 2 is 2.00 bits per heavy atom. The molecule has 1 aliphatic carbocycles. The number of nitrogens with two attached hydrogens (primary N) is 1. The maximum absolute atomic E-state index is 9.21. The summed E-state index contributed by atoms with van der Waals surface area (Å²) >= 11 is 0. The second-order valence-corrected chi connectivity index (χ2v) is 5.14. The number of pyridine rings is 1. The quantitative estimate of drug-likeness (QED) is 0.836. The first-order chi connectivity index (χ1) is 8.60. The summed E-state index contributed by atoms with van der Waals surface area (Å²) in [6, 6.07) is 4.97. The molecule has 96 valence electrons. The molecule has 0 aliphatic heterocycles. The van der Waals surface area contributed by atoms with E-state index in [0.29, 0.717) is 17.6 Å². The lowest BCUT2D eigenvalue weighted by Gasteiger charge is -2.28. The molecule has 3 N–H and O–H groups in total. The largest absolute Gasteiger partial charge is 0.381 e. The predicted molar refractivity (Wildman–Crippen MR) is 72.3 cm³/mol. The maximum atomic E-state index is 9.21. The molecule has 1 aliphatic rings. The van der Waals surface area contributed by atoms with E-state index in [2.05, 4.69) is 16.4 Å². The first kappa shape index (κ1) is 12.8. The zero-order valence-corrected chi connectivity index (χ0v) is 11.0. The number of nitriles is 1. The third-order valence-corrected chi connectivity index (χ3v) is 3.57. The lowest BCUT2D eigenvalue weighted by atomic mass is 9.91. The van der Waals surface area contributed by atoms with Crippen molar-refractivity contribution in [2.45, 2.75) is 51.6 Å². The van der Waals surface area contributed by atoms with Crippen molar-refractivity contribution in [1.29, 1.82) is 5.26 Å². The molecule has 1 aromatic rings. The van der Waals surface area contributed by atoms with Crippen molar-refractivity contribution in [1.82, 2.24) is 4.98 Å². The zero-order chi connectivity index (χ0) is 13.1. The summed E-state index contributed by atoms with van der Waals surface area (Å²) in [4.78, 5) is 4.33. The summed E-state index contributed by atoms with van der Waals surface area (Å²) in [5.41, 5.74) is 9.23. The molecule has 1 heterocycles. The van der Waals surface area contributed by atoms with Crippen LogP contribution in [-0.2, 0) is 0 Å². The number of nitrogens with zero attached hydrogens (tertiary/aromatic N) is 2. The first-order valence-corrected chi connectivity index (χ1v) is 6.50. The number of nitrogens with one attached hydrogen (secondary N) is 1. The van der Waals surface area contributed by atoms with Crippen LogP contribution in [0, 0.1) is 25.2 Å². The zero-order valence-electron chi connectivity index (χ0n) is 11.0. The fraction of sp³-hybridized carbons (Fsp3) is 0.571. The van der Waals surface area contributed by atoms with Crippen LogP contribution < -0.4 is 11.1 Å². The highest BCUT2D eigenvalue weighted by atomic mass is 14.9. The summed E-state index contributed by atoms with van der Waals surface area (Å²) in [6.07, 6.45) is 4.27. The minimum atomic E-state index is 0.347. The highest BCUT2D eigenvalue weighted by molar-refractivity contribution is 5.60. The van der Waals surface area contributed by atoms with Crippen molar-refractivity contribution in [2.24, 2.45) is 5.73 Å². The topological polar surface area (TPSA) is 74.7 Å². The van der Waals surface area contributed by atoms with Gasteiger partial charge in [0.05, 0.1) is 16.9 Å². The average molecular weight is 244 g/mol. The second kappa shape index (κ2) is 5.36. The molecule has 18 heavy (non-hydrogen) atoms. The van der Waals surface area contributed by atoms with Gasteiger partial charge in [0.2, 0.25) is 0 Å². The minimum Gasteiger partial charge on any atom is -0.381 e. The third-order valence-electron chi connectivity index (χ3n) is 3.57. The molecule has 0 spiro atoms. The van der Waals surface area contributed by atoms with E-state index in [1.165, 1.54) is 0 Å². The van der Waals surface area contributed by atoms with E-state index < -0.39 is 0 Å². The lowest BCUT2D eigenvalue weighted by molar-refractivity contribution is 0.411. The summed E-state index contributed by atoms with van der Waals surface area (Å²) in [6.45, 7) is 3.84. The van der Waals surface area contributed by atoms with Gasteiger partial charge in [-0.05, 0) is 45.6 Å². The number of anilines is 1. The van der Waals surface area contributed by atoms with Crippen LogP contribution >= 0.6 is 0 Å². The van der Waals surface area contributed by atoms with Crippen molar-refractivity contribution in [3.8, 4) is 6.07 Å². The minimum absolute atomic E-state index is 0.347. The number of hydrogen-bond donors (Lipinski definition) is 2. The highest BCUT2D eigenvalue weighted by Crippen LogP contribution is 2.24. The molecule has 1 aromatic heterocycles. The van der Waals surface area contributed by atoms with Gasteiger partial charge in [-0.15, -0.1) is 0 Å². The summed E-state index contributed by atoms with van der Waals surface area (Å²) in [5.74, 6) is 0. The predicted octanol–water partition coefficient (Wildman–Crippen LogP) is 2.25. The summed E-state index contributed by atoms with van der Waals surface area (Å²) in [5, 5.41) is 12.7. The standard InChI is InChI=1S/C14H20N4/c1-9-7-14(13(8-15)10(2)17-9)18-12-5-3-11(16)4-6-12/h7,11-12H,3-6,16H2,1-2H3,(H,17,18). The fourth-order valence-electron chi connectivity index (χ4n) is 2.57. The molecule has 0 saturated heterocycles. The van der Waals surface area contributed by atoms with Crippen LogP contribution in [0.2, 0.25) is 0 Å². The molecule has 0 unspecified atom stereocenters. The Morgan fingerprint density at radius 1 is 1.33 bits per heavy atom. The van der Waals surface area contributed by atoms with Crippen LogP contribution in [0.4, 0.5) is 5.69 Å². The molecule has 0 radical (unpaired) electrons. The molecule has 4 nitrogen and oxygen atoms in total. The smallest absolute Gasteiger partial charge is 0.103 e. The molecular weight excluding hydrogens is 224 g/mol. The molecule has 0 amide bonds. The Labute approximate surface area is 108 Å². The van der Waals surface area contributed by atoms with Crippen LogP contribution in [0.5, 0.6) is 0 Å². The van der Waals surface area contributed by atoms with Gasteiger partial charge in [-0.1, -0.05) is 0 Å². The fourth-order valence-corrected chi connectivity index (χ4v) is 2.57. The first-order valence-electron chi connectivity index (χ1n) is 6.50. The molecule has 0 atom stereocenters. The number of rotatable bonds is 2. The molecule has 4 heteroatoms. The molecular formula is C14H20N4. The average Bonchev–Trinajstić information content (AvgIpc) is 2.32. The van der Waals surface area contributed by atoms with Gasteiger partial charge in [-0.2, -0.15) is 5.26 Å². The molecule has 0 aromatic carbocycles. The van der Waals surface area contributed by atoms with E-state index in [1.807, 2.05) is 19.9 Å². The Bertz CT molecular complexity index is 467. The van der Waals surface area contributed by atoms with Crippen LogP contribution in [0.1, 0.15) is 42.6 Å². The van der Waals surface area contributed by atoms with Gasteiger partial charge in [-0.3, -0.25) is 4.98 Å². The van der Waals surface area contributed by atoms with Crippen molar-refractivity contribution in [3.05, 3.63) is 23.0 Å². The molecule has 2 rings (SSSR count). The van der Waals surface area contributed by atoms with Gasteiger partial charge in [0.15, 0.2) is 0 Å². The van der Waals surface area contributed by atoms with Crippen molar-refractivity contribution in [2.75, 3.05) is 5.32 Å². The Morgan fingerprint density at radius 3 is 2.61 bits per heavy atom. The van der Waals surface area contributed by atoms with Crippen LogP contribution in [0.25, 0.3) is 0 Å². The van der Waals surface area contributed by atoms with E-state index in [4.69, 9.17) is 5.73 Å². The van der Waals surface area contributed by atoms with Crippen LogP contribution in [-0.4, -0.2) is 17.1 Å². The van der Waals surface area contributed by atoms with E-state index in [-0.39, 0.29) is 0 Å². The summed E-state index contributed by atoms with van der Waals surface area (Å²) < 4.78 is 0.